The number of likely N-dealkylation sites (tertiary alicyclic amines) is 1. The Hall–Kier alpha value is -8.48. The maximum absolute atomic E-state index is 14.5. The average Bonchev–Trinajstić information content (AvgIpc) is 1.71. The topological polar surface area (TPSA) is 281 Å². The highest BCUT2D eigenvalue weighted by Crippen LogP contribution is 2.42. The highest BCUT2D eigenvalue weighted by Gasteiger charge is 2.46. The highest BCUT2D eigenvalue weighted by molar-refractivity contribution is 6.24. The molecule has 0 saturated carbocycles. The number of hydrogen-bond donors (Lipinski definition) is 3. The fourth-order valence-corrected chi connectivity index (χ4v) is 10.5. The lowest BCUT2D eigenvalue weighted by Gasteiger charge is -2.37. The summed E-state index contributed by atoms with van der Waals surface area (Å²) in [4.78, 5) is 107. The summed E-state index contributed by atoms with van der Waals surface area (Å²) in [7, 11) is 7.69. The molecule has 0 radical (unpaired) electrons. The molecule has 1 unspecified atom stereocenters. The van der Waals surface area contributed by atoms with Gasteiger partial charge in [0.1, 0.15) is 29.7 Å². The van der Waals surface area contributed by atoms with Crippen molar-refractivity contribution < 1.29 is 90.5 Å². The Morgan fingerprint density at radius 2 is 1.29 bits per heavy atom. The third-order valence-corrected chi connectivity index (χ3v) is 15.0. The molecular weight excluding hydrogens is 1130 g/mol. The van der Waals surface area contributed by atoms with Crippen LogP contribution in [0.5, 0.6) is 40.2 Å². The molecule has 470 valence electrons. The second-order valence-corrected chi connectivity index (χ2v) is 20.6. The lowest BCUT2D eigenvalue weighted by Crippen LogP contribution is -2.54. The number of nitrogens with one attached hydrogen (secondary N) is 3. The molecule has 3 aliphatic heterocycles. The van der Waals surface area contributed by atoms with Crippen molar-refractivity contribution in [1.29, 1.82) is 0 Å². The average molecular weight is 1210 g/mol. The van der Waals surface area contributed by atoms with E-state index in [1.54, 1.807) is 49.5 Å². The summed E-state index contributed by atoms with van der Waals surface area (Å²) in [6, 6.07) is 18.7. The molecule has 4 atom stereocenters. The summed E-state index contributed by atoms with van der Waals surface area (Å²) in [5.41, 5.74) is 2.26. The zero-order valence-corrected chi connectivity index (χ0v) is 50.2. The molecule has 0 aromatic heterocycles. The van der Waals surface area contributed by atoms with E-state index in [0.717, 1.165) is 23.3 Å². The van der Waals surface area contributed by atoms with Crippen molar-refractivity contribution in [2.45, 2.75) is 95.2 Å². The first kappa shape index (κ1) is 66.1. The second-order valence-electron chi connectivity index (χ2n) is 20.6. The molecule has 4 aromatic carbocycles. The van der Waals surface area contributed by atoms with Crippen LogP contribution in [-0.2, 0) is 54.1 Å². The molecule has 7 rings (SSSR count). The molecular formula is C63H79N5O19. The van der Waals surface area contributed by atoms with Gasteiger partial charge in [0, 0.05) is 39.3 Å². The van der Waals surface area contributed by atoms with Crippen LogP contribution in [0.25, 0.3) is 0 Å². The number of piperidine rings is 2. The molecule has 24 nitrogen and oxygen atoms in total. The minimum atomic E-state index is -1.12. The van der Waals surface area contributed by atoms with Gasteiger partial charge in [0.15, 0.2) is 36.2 Å². The maximum Gasteiger partial charge on any atom is 0.329 e. The van der Waals surface area contributed by atoms with Crippen molar-refractivity contribution in [3.63, 3.8) is 0 Å². The van der Waals surface area contributed by atoms with Gasteiger partial charge < -0.3 is 67.6 Å². The van der Waals surface area contributed by atoms with Gasteiger partial charge in [0.2, 0.25) is 23.5 Å². The van der Waals surface area contributed by atoms with Crippen LogP contribution in [-0.4, -0.2) is 177 Å². The zero-order chi connectivity index (χ0) is 62.2. The van der Waals surface area contributed by atoms with Crippen molar-refractivity contribution >= 4 is 47.3 Å². The Labute approximate surface area is 506 Å². The third kappa shape index (κ3) is 17.8. The van der Waals surface area contributed by atoms with Gasteiger partial charge in [-0.15, -0.1) is 0 Å². The van der Waals surface area contributed by atoms with Gasteiger partial charge in [-0.2, -0.15) is 0 Å². The van der Waals surface area contributed by atoms with E-state index in [1.807, 2.05) is 31.2 Å². The lowest BCUT2D eigenvalue weighted by molar-refractivity contribution is -0.162. The molecule has 0 aliphatic carbocycles. The summed E-state index contributed by atoms with van der Waals surface area (Å²) in [6.07, 6.45) is 3.54. The number of ether oxygens (including phenoxy) is 11. The summed E-state index contributed by atoms with van der Waals surface area (Å²) in [6.45, 7) is 4.37. The smallest absolute Gasteiger partial charge is 0.329 e. The van der Waals surface area contributed by atoms with Gasteiger partial charge in [0.25, 0.3) is 23.6 Å². The molecule has 24 heteroatoms. The van der Waals surface area contributed by atoms with E-state index < -0.39 is 66.2 Å². The number of methoxy groups -OCH3 is 5. The van der Waals surface area contributed by atoms with E-state index in [0.29, 0.717) is 143 Å². The Balaban J connectivity index is 0.788. The Kier molecular flexibility index (Phi) is 25.4. The van der Waals surface area contributed by atoms with Gasteiger partial charge in [0.05, 0.1) is 79.0 Å². The second kappa shape index (κ2) is 33.4. The minimum absolute atomic E-state index is 0.00579. The zero-order valence-electron chi connectivity index (χ0n) is 50.2. The standard InChI is InChI=1S/C63H79N5O19/c1-7-44(42-36-52(79-4)58(81-6)53(37-42)80-5)60(73)67-27-9-8-17-47(67)63(76)87-48(22-19-40-20-23-49(77-2)51(34-40)78-3)41-14-10-15-43(35-41)85-38-55(70)64-25-12-28-82-30-32-84-33-31-83-29-13-26-65-56(71)39-86-50-18-11-16-45-57(50)62(75)68(61(45)74)46-21-24-54(69)66-59(46)72/h10-11,14-16,18,20,23,34-37,44,46-48H,7-9,12-13,17,19,21-22,24-33,38-39H2,1-6H3,(H,64,70)(H,65,71)(H,66,69,72)/t44-,46?,47-,48-/m0/s1. The first-order chi connectivity index (χ1) is 42.2. The van der Waals surface area contributed by atoms with Crippen molar-refractivity contribution in [2.24, 2.45) is 0 Å². The van der Waals surface area contributed by atoms with Crippen molar-refractivity contribution in [3.05, 3.63) is 101 Å². The van der Waals surface area contributed by atoms with Gasteiger partial charge in [-0.25, -0.2) is 4.79 Å². The number of fused-ring (bicyclic) bond motifs is 1. The third-order valence-electron chi connectivity index (χ3n) is 15.0. The molecule has 0 spiro atoms. The van der Waals surface area contributed by atoms with Crippen LogP contribution in [0.2, 0.25) is 0 Å². The van der Waals surface area contributed by atoms with Crippen LogP contribution in [0.4, 0.5) is 0 Å². The quantitative estimate of drug-likeness (QED) is 0.0294. The summed E-state index contributed by atoms with van der Waals surface area (Å²) in [5.74, 6) is -1.86. The van der Waals surface area contributed by atoms with Crippen LogP contribution in [0.15, 0.2) is 72.8 Å². The molecule has 2 fully saturated rings. The first-order valence-corrected chi connectivity index (χ1v) is 29.2. The Morgan fingerprint density at radius 1 is 0.644 bits per heavy atom. The van der Waals surface area contributed by atoms with E-state index in [-0.39, 0.29) is 48.1 Å². The largest absolute Gasteiger partial charge is 0.493 e. The molecule has 7 amide bonds. The van der Waals surface area contributed by atoms with Gasteiger partial charge in [-0.1, -0.05) is 31.2 Å². The molecule has 3 heterocycles. The Bertz CT molecular complexity index is 3020. The van der Waals surface area contributed by atoms with Crippen LogP contribution in [0.3, 0.4) is 0 Å². The fraction of sp³-hybridized carbons (Fsp3) is 0.492. The molecule has 2 saturated heterocycles. The number of esters is 1. The van der Waals surface area contributed by atoms with E-state index in [2.05, 4.69) is 16.0 Å². The number of imide groups is 2. The number of benzene rings is 4. The SMILES string of the molecule is CC[C@H](C(=O)N1CCCC[C@H]1C(=O)O[C@@H](CCc1ccc(OC)c(OC)c1)c1cccc(OCC(=O)NCCCOCCOCCOCCCNC(=O)COc2cccc3c2C(=O)N(C2CCC(=O)NC2=O)C3=O)c1)c1cc(OC)c(OC)c(OC)c1. The van der Waals surface area contributed by atoms with Crippen LogP contribution >= 0.6 is 0 Å². The van der Waals surface area contributed by atoms with Gasteiger partial charge in [-0.3, -0.25) is 43.8 Å². The number of rotatable bonds is 35. The van der Waals surface area contributed by atoms with Crippen LogP contribution < -0.4 is 49.1 Å². The monoisotopic (exact) mass is 1210 g/mol. The predicted octanol–water partition coefficient (Wildman–Crippen LogP) is 5.44. The molecule has 3 aliphatic rings. The number of carbonyl (C=O) groups excluding carboxylic acids is 8. The number of carbonyl (C=O) groups is 8. The lowest BCUT2D eigenvalue weighted by atomic mass is 9.91. The number of hydrogen-bond acceptors (Lipinski definition) is 19. The van der Waals surface area contributed by atoms with E-state index in [1.165, 1.54) is 39.5 Å². The van der Waals surface area contributed by atoms with Gasteiger partial charge >= 0.3 is 5.97 Å². The molecule has 87 heavy (non-hydrogen) atoms. The number of nitrogens with zero attached hydrogens (tertiary/aromatic N) is 2. The number of aryl methyl sites for hydroxylation is 1. The van der Waals surface area contributed by atoms with Crippen LogP contribution in [0, 0.1) is 0 Å². The van der Waals surface area contributed by atoms with Gasteiger partial charge in [-0.05, 0) is 123 Å². The van der Waals surface area contributed by atoms with E-state index in [9.17, 15) is 38.4 Å². The molecule has 0 bridgehead atoms. The highest BCUT2D eigenvalue weighted by atomic mass is 16.6. The summed E-state index contributed by atoms with van der Waals surface area (Å²) < 4.78 is 62.5. The Morgan fingerprint density at radius 3 is 1.92 bits per heavy atom. The first-order valence-electron chi connectivity index (χ1n) is 29.2. The maximum atomic E-state index is 14.5. The van der Waals surface area contributed by atoms with Crippen molar-refractivity contribution in [1.82, 2.24) is 25.8 Å². The van der Waals surface area contributed by atoms with Crippen LogP contribution in [0.1, 0.15) is 114 Å². The molecule has 3 N–H and O–H groups in total. The normalized spacial score (nSPS) is 16.3. The fourth-order valence-electron chi connectivity index (χ4n) is 10.5. The number of amides is 7. The summed E-state index contributed by atoms with van der Waals surface area (Å²) in [5, 5.41) is 7.72. The van der Waals surface area contributed by atoms with Crippen molar-refractivity contribution in [3.8, 4) is 40.2 Å². The molecule has 4 aromatic rings. The van der Waals surface area contributed by atoms with E-state index >= 15 is 0 Å². The minimum Gasteiger partial charge on any atom is -0.493 e. The van der Waals surface area contributed by atoms with Crippen molar-refractivity contribution in [2.75, 3.05) is 108 Å². The van der Waals surface area contributed by atoms with E-state index in [4.69, 9.17) is 52.1 Å². The predicted molar refractivity (Wildman–Crippen MR) is 313 cm³/mol. The summed E-state index contributed by atoms with van der Waals surface area (Å²) >= 11 is 0.